The Hall–Kier alpha value is -9.44. The van der Waals surface area contributed by atoms with Crippen molar-refractivity contribution in [3.63, 3.8) is 0 Å². The van der Waals surface area contributed by atoms with Crippen molar-refractivity contribution in [2.75, 3.05) is 0 Å². The zero-order valence-electron chi connectivity index (χ0n) is 38.5. The molecule has 0 amide bonds. The second kappa shape index (κ2) is 14.5. The van der Waals surface area contributed by atoms with E-state index < -0.39 is 0 Å². The zero-order chi connectivity index (χ0) is 46.3. The standard InChI is InChI=1S/C68H41N3/c1-2-15-43(16-3-1)66-52-20-4-6-22-56(52)68(57-23-7-5-21-53(57)66)70-62-28-13-10-19-50(62)59-40-45(33-38-64(59)70)44-32-37-63-58(39-44)49-18-9-11-26-60(49)69(63)47-34-29-42(30-35-47)46-31-36-51-55-25-14-24-54-48-17-8-12-27-61(48)71(67(54)55)65(51)41-46/h1-41H. The van der Waals surface area contributed by atoms with Crippen LogP contribution in [0.2, 0.25) is 0 Å². The number of hydrogen-bond acceptors (Lipinski definition) is 0. The Bertz CT molecular complexity index is 4800. The number of aromatic nitrogens is 3. The van der Waals surface area contributed by atoms with E-state index in [1.807, 2.05) is 0 Å². The normalized spacial score (nSPS) is 12.2. The Morgan fingerprint density at radius 1 is 0.211 bits per heavy atom. The molecule has 0 aliphatic carbocycles. The maximum atomic E-state index is 2.51. The third kappa shape index (κ3) is 5.38. The number of hydrogen-bond donors (Lipinski definition) is 0. The number of nitrogens with zero attached hydrogens (tertiary/aromatic N) is 3. The molecule has 71 heavy (non-hydrogen) atoms. The molecule has 0 N–H and O–H groups in total. The van der Waals surface area contributed by atoms with Gasteiger partial charge in [0.2, 0.25) is 0 Å². The molecule has 0 unspecified atom stereocenters. The molecule has 4 heterocycles. The Morgan fingerprint density at radius 3 is 1.25 bits per heavy atom. The fourth-order valence-corrected chi connectivity index (χ4v) is 12.5. The molecule has 0 bridgehead atoms. The summed E-state index contributed by atoms with van der Waals surface area (Å²) >= 11 is 0. The van der Waals surface area contributed by atoms with Crippen molar-refractivity contribution in [3.8, 4) is 44.8 Å². The summed E-state index contributed by atoms with van der Waals surface area (Å²) in [4.78, 5) is 0. The van der Waals surface area contributed by atoms with Crippen molar-refractivity contribution >= 4 is 103 Å². The van der Waals surface area contributed by atoms with Crippen LogP contribution in [-0.2, 0) is 0 Å². The van der Waals surface area contributed by atoms with Gasteiger partial charge in [0.15, 0.2) is 0 Å². The average molecular weight is 900 g/mol. The molecule has 0 saturated carbocycles. The first kappa shape index (κ1) is 38.5. The summed E-state index contributed by atoms with van der Waals surface area (Å²) in [5.41, 5.74) is 18.3. The quantitative estimate of drug-likeness (QED) is 0.153. The molecular weight excluding hydrogens is 859 g/mol. The summed E-state index contributed by atoms with van der Waals surface area (Å²) in [6.45, 7) is 0. The third-order valence-corrected chi connectivity index (χ3v) is 15.6. The second-order valence-corrected chi connectivity index (χ2v) is 19.2. The zero-order valence-corrected chi connectivity index (χ0v) is 38.5. The van der Waals surface area contributed by atoms with Crippen LogP contribution in [0, 0.1) is 0 Å². The highest BCUT2D eigenvalue weighted by atomic mass is 15.0. The van der Waals surface area contributed by atoms with E-state index >= 15 is 0 Å². The first-order valence-electron chi connectivity index (χ1n) is 24.6. The summed E-state index contributed by atoms with van der Waals surface area (Å²) in [5, 5.41) is 15.2. The first-order chi connectivity index (χ1) is 35.2. The molecule has 0 fully saturated rings. The third-order valence-electron chi connectivity index (χ3n) is 15.6. The van der Waals surface area contributed by atoms with Crippen molar-refractivity contribution in [1.82, 2.24) is 13.5 Å². The van der Waals surface area contributed by atoms with Crippen molar-refractivity contribution in [2.24, 2.45) is 0 Å². The summed E-state index contributed by atoms with van der Waals surface area (Å²) in [6.07, 6.45) is 0. The second-order valence-electron chi connectivity index (χ2n) is 19.2. The van der Waals surface area contributed by atoms with Gasteiger partial charge in [-0.05, 0) is 105 Å². The van der Waals surface area contributed by atoms with Crippen molar-refractivity contribution in [1.29, 1.82) is 0 Å². The summed E-state index contributed by atoms with van der Waals surface area (Å²) in [5.74, 6) is 0. The molecule has 0 spiro atoms. The number of fused-ring (bicyclic) bond motifs is 14. The van der Waals surface area contributed by atoms with Gasteiger partial charge >= 0.3 is 0 Å². The summed E-state index contributed by atoms with van der Waals surface area (Å²) < 4.78 is 7.40. The van der Waals surface area contributed by atoms with Crippen LogP contribution in [0.25, 0.3) is 148 Å². The molecule has 16 rings (SSSR count). The number of para-hydroxylation sites is 4. The van der Waals surface area contributed by atoms with E-state index in [1.54, 1.807) is 0 Å². The monoisotopic (exact) mass is 899 g/mol. The van der Waals surface area contributed by atoms with Crippen LogP contribution in [0.15, 0.2) is 249 Å². The fourth-order valence-electron chi connectivity index (χ4n) is 12.5. The molecule has 0 radical (unpaired) electrons. The summed E-state index contributed by atoms with van der Waals surface area (Å²) in [6, 6.07) is 92.2. The van der Waals surface area contributed by atoms with Crippen molar-refractivity contribution in [3.05, 3.63) is 249 Å². The average Bonchev–Trinajstić information content (AvgIpc) is 4.17. The van der Waals surface area contributed by atoms with E-state index in [1.165, 1.54) is 142 Å². The molecule has 0 aliphatic heterocycles. The van der Waals surface area contributed by atoms with Gasteiger partial charge in [-0.2, -0.15) is 0 Å². The van der Waals surface area contributed by atoms with Gasteiger partial charge in [-0.25, -0.2) is 0 Å². The van der Waals surface area contributed by atoms with E-state index in [0.29, 0.717) is 0 Å². The van der Waals surface area contributed by atoms with Gasteiger partial charge in [0.25, 0.3) is 0 Å². The van der Waals surface area contributed by atoms with E-state index in [2.05, 4.69) is 262 Å². The highest BCUT2D eigenvalue weighted by Crippen LogP contribution is 2.46. The SMILES string of the molecule is c1ccc(-c2c3ccccc3c(-n3c4ccccc4c4cc(-c5ccc6c(c5)c5ccccc5n6-c5ccc(-c6ccc7c8cccc9c%10ccccc%10n(c7c6)c98)cc5)ccc43)c3ccccc23)cc1. The maximum absolute atomic E-state index is 2.51. The highest BCUT2D eigenvalue weighted by molar-refractivity contribution is 6.24. The van der Waals surface area contributed by atoms with Crippen LogP contribution in [0.4, 0.5) is 0 Å². The lowest BCUT2D eigenvalue weighted by atomic mass is 9.90. The molecule has 3 nitrogen and oxygen atoms in total. The molecule has 0 atom stereocenters. The van der Waals surface area contributed by atoms with Crippen LogP contribution < -0.4 is 0 Å². The van der Waals surface area contributed by atoms with Crippen LogP contribution in [0.5, 0.6) is 0 Å². The molecule has 0 saturated heterocycles. The molecule has 4 aromatic heterocycles. The lowest BCUT2D eigenvalue weighted by molar-refractivity contribution is 1.18. The van der Waals surface area contributed by atoms with Gasteiger partial charge in [-0.1, -0.05) is 188 Å². The van der Waals surface area contributed by atoms with Gasteiger partial charge in [-0.3, -0.25) is 0 Å². The van der Waals surface area contributed by atoms with Crippen molar-refractivity contribution in [2.45, 2.75) is 0 Å². The van der Waals surface area contributed by atoms with Crippen LogP contribution in [0.3, 0.4) is 0 Å². The Labute approximate surface area is 408 Å². The Balaban J connectivity index is 0.820. The van der Waals surface area contributed by atoms with Crippen LogP contribution >= 0.6 is 0 Å². The molecule has 16 aromatic rings. The predicted octanol–water partition coefficient (Wildman–Crippen LogP) is 18.3. The molecule has 3 heteroatoms. The maximum Gasteiger partial charge on any atom is 0.0620 e. The predicted molar refractivity (Wildman–Crippen MR) is 301 cm³/mol. The molecule has 0 aliphatic rings. The number of rotatable bonds is 5. The minimum atomic E-state index is 1.14. The van der Waals surface area contributed by atoms with E-state index in [4.69, 9.17) is 0 Å². The largest absolute Gasteiger partial charge is 0.309 e. The molecule has 12 aromatic carbocycles. The number of benzene rings is 12. The van der Waals surface area contributed by atoms with Gasteiger partial charge in [0.1, 0.15) is 0 Å². The minimum absolute atomic E-state index is 1.14. The first-order valence-corrected chi connectivity index (χ1v) is 24.6. The summed E-state index contributed by atoms with van der Waals surface area (Å²) in [7, 11) is 0. The lowest BCUT2D eigenvalue weighted by Crippen LogP contribution is -1.99. The van der Waals surface area contributed by atoms with Crippen LogP contribution in [0.1, 0.15) is 0 Å². The van der Waals surface area contributed by atoms with E-state index in [0.717, 1.165) is 5.69 Å². The highest BCUT2D eigenvalue weighted by Gasteiger charge is 2.22. The minimum Gasteiger partial charge on any atom is -0.309 e. The lowest BCUT2D eigenvalue weighted by Gasteiger charge is -2.19. The van der Waals surface area contributed by atoms with Gasteiger partial charge < -0.3 is 13.5 Å². The van der Waals surface area contributed by atoms with Gasteiger partial charge in [-0.15, -0.1) is 0 Å². The molecular formula is C68H41N3. The Morgan fingerprint density at radius 2 is 0.634 bits per heavy atom. The van der Waals surface area contributed by atoms with Crippen LogP contribution in [-0.4, -0.2) is 13.5 Å². The van der Waals surface area contributed by atoms with E-state index in [9.17, 15) is 0 Å². The smallest absolute Gasteiger partial charge is 0.0620 e. The van der Waals surface area contributed by atoms with E-state index in [-0.39, 0.29) is 0 Å². The Kier molecular flexibility index (Phi) is 7.89. The fraction of sp³-hybridized carbons (Fsp3) is 0. The molecule has 328 valence electrons. The van der Waals surface area contributed by atoms with Gasteiger partial charge in [0.05, 0.1) is 44.3 Å². The van der Waals surface area contributed by atoms with Crippen molar-refractivity contribution < 1.29 is 0 Å². The van der Waals surface area contributed by atoms with Gasteiger partial charge in [0, 0.05) is 59.5 Å². The topological polar surface area (TPSA) is 14.3 Å².